The highest BCUT2D eigenvalue weighted by atomic mass is 79.9. The van der Waals surface area contributed by atoms with Crippen molar-refractivity contribution in [1.29, 1.82) is 0 Å². The third kappa shape index (κ3) is 2.96. The lowest BCUT2D eigenvalue weighted by molar-refractivity contribution is -0.0376. The second-order valence-electron chi connectivity index (χ2n) is 7.55. The van der Waals surface area contributed by atoms with Gasteiger partial charge in [-0.2, -0.15) is 5.10 Å². The minimum Gasteiger partial charge on any atom is -0.384 e. The first-order chi connectivity index (χ1) is 9.15. The predicted octanol–water partition coefficient (Wildman–Crippen LogP) is 4.65. The molecule has 1 heterocycles. The highest BCUT2D eigenvalue weighted by Gasteiger charge is 2.41. The number of rotatable bonds is 2. The van der Waals surface area contributed by atoms with Crippen molar-refractivity contribution in [3.8, 4) is 0 Å². The van der Waals surface area contributed by atoms with Gasteiger partial charge < -0.3 is 5.11 Å². The molecule has 0 bridgehead atoms. The van der Waals surface area contributed by atoms with Crippen molar-refractivity contribution in [1.82, 2.24) is 9.78 Å². The molecule has 114 valence electrons. The van der Waals surface area contributed by atoms with E-state index in [1.807, 2.05) is 10.9 Å². The summed E-state index contributed by atoms with van der Waals surface area (Å²) < 4.78 is 2.89. The summed E-state index contributed by atoms with van der Waals surface area (Å²) in [5, 5.41) is 15.5. The summed E-state index contributed by atoms with van der Waals surface area (Å²) in [5.41, 5.74) is 0.554. The van der Waals surface area contributed by atoms with Gasteiger partial charge in [-0.1, -0.05) is 20.8 Å². The lowest BCUT2D eigenvalue weighted by atomic mass is 9.67. The Hall–Kier alpha value is -0.350. The topological polar surface area (TPSA) is 38.0 Å². The Morgan fingerprint density at radius 3 is 2.35 bits per heavy atom. The average molecular weight is 343 g/mol. The quantitative estimate of drug-likeness (QED) is 0.849. The second kappa shape index (κ2) is 5.45. The average Bonchev–Trinajstić information content (AvgIpc) is 2.71. The highest BCUT2D eigenvalue weighted by molar-refractivity contribution is 9.10. The molecule has 0 spiro atoms. The molecule has 0 aliphatic heterocycles. The Labute approximate surface area is 130 Å². The Kier molecular flexibility index (Phi) is 4.37. The van der Waals surface area contributed by atoms with E-state index in [0.29, 0.717) is 11.3 Å². The number of aliphatic hydroxyl groups is 1. The molecule has 0 radical (unpaired) electrons. The molecule has 20 heavy (non-hydrogen) atoms. The van der Waals surface area contributed by atoms with Crippen molar-refractivity contribution in [3.63, 3.8) is 0 Å². The van der Waals surface area contributed by atoms with Gasteiger partial charge in [0.15, 0.2) is 0 Å². The zero-order valence-electron chi connectivity index (χ0n) is 13.3. The third-order valence-electron chi connectivity index (χ3n) is 4.72. The van der Waals surface area contributed by atoms with Crippen LogP contribution < -0.4 is 0 Å². The fourth-order valence-electron chi connectivity index (χ4n) is 3.37. The molecule has 1 N–H and O–H groups in total. The zero-order valence-corrected chi connectivity index (χ0v) is 14.9. The number of aromatic nitrogens is 2. The van der Waals surface area contributed by atoms with Gasteiger partial charge in [0, 0.05) is 6.04 Å². The molecule has 2 rings (SSSR count). The van der Waals surface area contributed by atoms with Crippen molar-refractivity contribution >= 4 is 15.9 Å². The maximum atomic E-state index is 11.1. The molecule has 1 aliphatic carbocycles. The van der Waals surface area contributed by atoms with E-state index in [1.54, 1.807) is 0 Å². The standard InChI is InChI=1S/C16H27BrN2O/c1-11(2)19-14(13(17)10-18-19)16(20)8-6-12(7-9-16)15(3,4)5/h10-12,20H,6-9H2,1-5H3. The van der Waals surface area contributed by atoms with Crippen LogP contribution in [0.5, 0.6) is 0 Å². The first-order valence-corrected chi connectivity index (χ1v) is 8.40. The highest BCUT2D eigenvalue weighted by Crippen LogP contribution is 2.47. The van der Waals surface area contributed by atoms with Crippen molar-refractivity contribution in [2.24, 2.45) is 11.3 Å². The summed E-state index contributed by atoms with van der Waals surface area (Å²) in [7, 11) is 0. The number of halogens is 1. The zero-order chi connectivity index (χ0) is 15.1. The van der Waals surface area contributed by atoms with Crippen LogP contribution in [0.25, 0.3) is 0 Å². The van der Waals surface area contributed by atoms with E-state index in [2.05, 4.69) is 55.6 Å². The molecular formula is C16H27BrN2O. The molecule has 0 saturated heterocycles. The van der Waals surface area contributed by atoms with E-state index in [-0.39, 0.29) is 6.04 Å². The van der Waals surface area contributed by atoms with Crippen LogP contribution in [0.2, 0.25) is 0 Å². The second-order valence-corrected chi connectivity index (χ2v) is 8.41. The van der Waals surface area contributed by atoms with Crippen LogP contribution >= 0.6 is 15.9 Å². The minimum absolute atomic E-state index is 0.265. The van der Waals surface area contributed by atoms with E-state index in [1.165, 1.54) is 0 Å². The maximum absolute atomic E-state index is 11.1. The van der Waals surface area contributed by atoms with Gasteiger partial charge >= 0.3 is 0 Å². The van der Waals surface area contributed by atoms with Gasteiger partial charge in [0.25, 0.3) is 0 Å². The number of nitrogens with zero attached hydrogens (tertiary/aromatic N) is 2. The lowest BCUT2D eigenvalue weighted by Crippen LogP contribution is -2.37. The summed E-state index contributed by atoms with van der Waals surface area (Å²) in [6, 6.07) is 0.265. The fourth-order valence-corrected chi connectivity index (χ4v) is 4.01. The van der Waals surface area contributed by atoms with Crippen LogP contribution in [0.15, 0.2) is 10.7 Å². The largest absolute Gasteiger partial charge is 0.384 e. The Balaban J connectivity index is 2.24. The molecule has 0 atom stereocenters. The molecule has 0 aromatic carbocycles. The molecule has 1 aromatic rings. The van der Waals surface area contributed by atoms with Gasteiger partial charge in [0.1, 0.15) is 5.60 Å². The fraction of sp³-hybridized carbons (Fsp3) is 0.812. The molecule has 4 heteroatoms. The van der Waals surface area contributed by atoms with E-state index < -0.39 is 5.60 Å². The monoisotopic (exact) mass is 342 g/mol. The summed E-state index contributed by atoms with van der Waals surface area (Å²) in [4.78, 5) is 0. The smallest absolute Gasteiger partial charge is 0.107 e. The van der Waals surface area contributed by atoms with E-state index in [9.17, 15) is 5.11 Å². The van der Waals surface area contributed by atoms with Crippen LogP contribution in [0.4, 0.5) is 0 Å². The van der Waals surface area contributed by atoms with Crippen LogP contribution in [0.1, 0.15) is 72.0 Å². The molecule has 1 fully saturated rings. The summed E-state index contributed by atoms with van der Waals surface area (Å²) in [5.74, 6) is 0.692. The summed E-state index contributed by atoms with van der Waals surface area (Å²) >= 11 is 3.57. The van der Waals surface area contributed by atoms with Gasteiger partial charge in [-0.3, -0.25) is 4.68 Å². The van der Waals surface area contributed by atoms with Crippen molar-refractivity contribution in [3.05, 3.63) is 16.4 Å². The Bertz CT molecular complexity index is 465. The normalized spacial score (nSPS) is 28.1. The number of hydrogen-bond donors (Lipinski definition) is 1. The van der Waals surface area contributed by atoms with Crippen LogP contribution in [-0.2, 0) is 5.60 Å². The predicted molar refractivity (Wildman–Crippen MR) is 85.6 cm³/mol. The van der Waals surface area contributed by atoms with Crippen molar-refractivity contribution in [2.75, 3.05) is 0 Å². The van der Waals surface area contributed by atoms with Gasteiger partial charge in [0.05, 0.1) is 16.4 Å². The molecule has 1 aromatic heterocycles. The first kappa shape index (κ1) is 16.0. The van der Waals surface area contributed by atoms with Gasteiger partial charge in [0.2, 0.25) is 0 Å². The lowest BCUT2D eigenvalue weighted by Gasteiger charge is -2.41. The molecule has 0 unspecified atom stereocenters. The summed E-state index contributed by atoms with van der Waals surface area (Å²) in [6.45, 7) is 11.1. The van der Waals surface area contributed by atoms with Crippen LogP contribution in [0, 0.1) is 11.3 Å². The van der Waals surface area contributed by atoms with Gasteiger partial charge in [-0.05, 0) is 66.8 Å². The third-order valence-corrected chi connectivity index (χ3v) is 5.30. The molecule has 3 nitrogen and oxygen atoms in total. The SMILES string of the molecule is CC(C)n1ncc(Br)c1C1(O)CCC(C(C)(C)C)CC1. The molecule has 1 aliphatic rings. The van der Waals surface area contributed by atoms with Crippen molar-refractivity contribution in [2.45, 2.75) is 71.9 Å². The van der Waals surface area contributed by atoms with Gasteiger partial charge in [-0.15, -0.1) is 0 Å². The van der Waals surface area contributed by atoms with E-state index >= 15 is 0 Å². The molecule has 1 saturated carbocycles. The van der Waals surface area contributed by atoms with E-state index in [0.717, 1.165) is 35.8 Å². The number of hydrogen-bond acceptors (Lipinski definition) is 2. The molecular weight excluding hydrogens is 316 g/mol. The van der Waals surface area contributed by atoms with E-state index in [4.69, 9.17) is 0 Å². The van der Waals surface area contributed by atoms with Crippen LogP contribution in [-0.4, -0.2) is 14.9 Å². The maximum Gasteiger partial charge on any atom is 0.107 e. The minimum atomic E-state index is -0.735. The Morgan fingerprint density at radius 1 is 1.35 bits per heavy atom. The van der Waals surface area contributed by atoms with Crippen LogP contribution in [0.3, 0.4) is 0 Å². The summed E-state index contributed by atoms with van der Waals surface area (Å²) in [6.07, 6.45) is 5.62. The Morgan fingerprint density at radius 2 is 1.90 bits per heavy atom. The molecule has 0 amide bonds. The van der Waals surface area contributed by atoms with Crippen molar-refractivity contribution < 1.29 is 5.11 Å². The van der Waals surface area contributed by atoms with Gasteiger partial charge in [-0.25, -0.2) is 0 Å². The first-order valence-electron chi connectivity index (χ1n) is 7.61.